The van der Waals surface area contributed by atoms with E-state index in [9.17, 15) is 0 Å². The van der Waals surface area contributed by atoms with E-state index < -0.39 is 0 Å². The number of nitrogens with zero attached hydrogens (tertiary/aromatic N) is 1. The fraction of sp³-hybridized carbons (Fsp3) is 1.00. The van der Waals surface area contributed by atoms with Crippen molar-refractivity contribution in [3.63, 3.8) is 0 Å². The van der Waals surface area contributed by atoms with E-state index in [-0.39, 0.29) is 0 Å². The van der Waals surface area contributed by atoms with Crippen LogP contribution in [0.5, 0.6) is 0 Å². The fourth-order valence-corrected chi connectivity index (χ4v) is 3.26. The second kappa shape index (κ2) is 7.49. The van der Waals surface area contributed by atoms with Crippen LogP contribution >= 0.6 is 0 Å². The van der Waals surface area contributed by atoms with Crippen LogP contribution in [-0.2, 0) is 0 Å². The van der Waals surface area contributed by atoms with Crippen molar-refractivity contribution >= 4 is 0 Å². The summed E-state index contributed by atoms with van der Waals surface area (Å²) in [4.78, 5) is 2.73. The van der Waals surface area contributed by atoms with Gasteiger partial charge in [-0.2, -0.15) is 0 Å². The Labute approximate surface area is 114 Å². The summed E-state index contributed by atoms with van der Waals surface area (Å²) in [5.74, 6) is 2.88. The van der Waals surface area contributed by atoms with E-state index >= 15 is 0 Å². The van der Waals surface area contributed by atoms with Crippen molar-refractivity contribution in [2.24, 2.45) is 17.8 Å². The Morgan fingerprint density at radius 2 is 2.06 bits per heavy atom. The first-order chi connectivity index (χ1) is 8.79. The highest BCUT2D eigenvalue weighted by atomic mass is 15.1. The minimum Gasteiger partial charge on any atom is -0.316 e. The van der Waals surface area contributed by atoms with Gasteiger partial charge < -0.3 is 10.2 Å². The molecule has 2 unspecified atom stereocenters. The van der Waals surface area contributed by atoms with Gasteiger partial charge in [0.2, 0.25) is 0 Å². The van der Waals surface area contributed by atoms with Gasteiger partial charge in [0.05, 0.1) is 0 Å². The third-order valence-corrected chi connectivity index (χ3v) is 4.79. The summed E-state index contributed by atoms with van der Waals surface area (Å²) in [6.45, 7) is 11.3. The normalized spacial score (nSPS) is 26.5. The SMILES string of the molecule is CCCN(CCC(C)C1CCCNC1)CC1CC1. The molecule has 2 atom stereocenters. The molecule has 0 aromatic carbocycles. The minimum atomic E-state index is 0.899. The zero-order chi connectivity index (χ0) is 12.8. The van der Waals surface area contributed by atoms with Crippen molar-refractivity contribution in [2.75, 3.05) is 32.7 Å². The Hall–Kier alpha value is -0.0800. The highest BCUT2D eigenvalue weighted by molar-refractivity contribution is 4.79. The first-order valence-corrected chi connectivity index (χ1v) is 8.22. The van der Waals surface area contributed by atoms with E-state index in [0.29, 0.717) is 0 Å². The average molecular weight is 252 g/mol. The fourth-order valence-electron chi connectivity index (χ4n) is 3.26. The van der Waals surface area contributed by atoms with E-state index in [0.717, 1.165) is 17.8 Å². The summed E-state index contributed by atoms with van der Waals surface area (Å²) < 4.78 is 0. The van der Waals surface area contributed by atoms with E-state index in [1.165, 1.54) is 71.2 Å². The monoisotopic (exact) mass is 252 g/mol. The van der Waals surface area contributed by atoms with Gasteiger partial charge >= 0.3 is 0 Å². The molecule has 0 aromatic rings. The van der Waals surface area contributed by atoms with Crippen LogP contribution in [0.2, 0.25) is 0 Å². The van der Waals surface area contributed by atoms with Crippen LogP contribution in [-0.4, -0.2) is 37.6 Å². The summed E-state index contributed by atoms with van der Waals surface area (Å²) in [6.07, 6.45) is 8.52. The summed E-state index contributed by atoms with van der Waals surface area (Å²) in [5, 5.41) is 3.56. The molecule has 1 aliphatic heterocycles. The quantitative estimate of drug-likeness (QED) is 0.714. The molecule has 0 aromatic heterocycles. The van der Waals surface area contributed by atoms with E-state index in [4.69, 9.17) is 0 Å². The lowest BCUT2D eigenvalue weighted by molar-refractivity contribution is 0.207. The highest BCUT2D eigenvalue weighted by Gasteiger charge is 2.25. The molecule has 18 heavy (non-hydrogen) atoms. The zero-order valence-corrected chi connectivity index (χ0v) is 12.5. The molecule has 0 spiro atoms. The third-order valence-electron chi connectivity index (χ3n) is 4.79. The van der Waals surface area contributed by atoms with E-state index in [1.54, 1.807) is 0 Å². The molecule has 2 rings (SSSR count). The van der Waals surface area contributed by atoms with Gasteiger partial charge in [-0.1, -0.05) is 13.8 Å². The molecule has 1 aliphatic carbocycles. The Bertz CT molecular complexity index is 219. The maximum absolute atomic E-state index is 3.56. The Kier molecular flexibility index (Phi) is 5.97. The smallest absolute Gasteiger partial charge is 0.000966 e. The molecule has 1 heterocycles. The van der Waals surface area contributed by atoms with Gasteiger partial charge in [0, 0.05) is 6.54 Å². The van der Waals surface area contributed by atoms with Crippen LogP contribution in [0.25, 0.3) is 0 Å². The number of hydrogen-bond donors (Lipinski definition) is 1. The molecular weight excluding hydrogens is 220 g/mol. The van der Waals surface area contributed by atoms with Gasteiger partial charge in [-0.3, -0.25) is 0 Å². The number of rotatable bonds is 8. The van der Waals surface area contributed by atoms with E-state index in [2.05, 4.69) is 24.1 Å². The predicted molar refractivity (Wildman–Crippen MR) is 78.8 cm³/mol. The van der Waals surface area contributed by atoms with Crippen molar-refractivity contribution in [3.8, 4) is 0 Å². The Balaban J connectivity index is 1.66. The number of hydrogen-bond acceptors (Lipinski definition) is 2. The van der Waals surface area contributed by atoms with Crippen molar-refractivity contribution in [1.82, 2.24) is 10.2 Å². The molecule has 2 aliphatic rings. The molecule has 1 N–H and O–H groups in total. The molecule has 2 heteroatoms. The van der Waals surface area contributed by atoms with Gasteiger partial charge in [0.25, 0.3) is 0 Å². The van der Waals surface area contributed by atoms with Gasteiger partial charge in [-0.05, 0) is 82.5 Å². The van der Waals surface area contributed by atoms with E-state index in [1.807, 2.05) is 0 Å². The zero-order valence-electron chi connectivity index (χ0n) is 12.5. The van der Waals surface area contributed by atoms with Crippen LogP contribution in [0.4, 0.5) is 0 Å². The Morgan fingerprint density at radius 1 is 1.22 bits per heavy atom. The van der Waals surface area contributed by atoms with Crippen molar-refractivity contribution in [3.05, 3.63) is 0 Å². The summed E-state index contributed by atoms with van der Waals surface area (Å²) in [7, 11) is 0. The van der Waals surface area contributed by atoms with Crippen LogP contribution in [0, 0.1) is 17.8 Å². The van der Waals surface area contributed by atoms with Crippen LogP contribution in [0.1, 0.15) is 52.4 Å². The Morgan fingerprint density at radius 3 is 2.67 bits per heavy atom. The van der Waals surface area contributed by atoms with Gasteiger partial charge in [0.1, 0.15) is 0 Å². The van der Waals surface area contributed by atoms with Crippen LogP contribution < -0.4 is 5.32 Å². The minimum absolute atomic E-state index is 0.899. The highest BCUT2D eigenvalue weighted by Crippen LogP contribution is 2.30. The topological polar surface area (TPSA) is 15.3 Å². The average Bonchev–Trinajstić information content (AvgIpc) is 3.21. The molecule has 0 amide bonds. The molecule has 1 saturated carbocycles. The molecule has 2 nitrogen and oxygen atoms in total. The second-order valence-electron chi connectivity index (χ2n) is 6.62. The van der Waals surface area contributed by atoms with Gasteiger partial charge in [-0.25, -0.2) is 0 Å². The largest absolute Gasteiger partial charge is 0.316 e. The molecule has 106 valence electrons. The standard InChI is InChI=1S/C16H32N2/c1-3-10-18(13-15-6-7-15)11-8-14(2)16-5-4-9-17-12-16/h14-17H,3-13H2,1-2H3. The van der Waals surface area contributed by atoms with Crippen molar-refractivity contribution < 1.29 is 0 Å². The molecule has 0 bridgehead atoms. The first-order valence-electron chi connectivity index (χ1n) is 8.22. The number of nitrogens with one attached hydrogen (secondary N) is 1. The molecule has 0 radical (unpaired) electrons. The lowest BCUT2D eigenvalue weighted by atomic mass is 9.85. The lowest BCUT2D eigenvalue weighted by Crippen LogP contribution is -2.35. The van der Waals surface area contributed by atoms with Gasteiger partial charge in [-0.15, -0.1) is 0 Å². The van der Waals surface area contributed by atoms with Crippen LogP contribution in [0.3, 0.4) is 0 Å². The summed E-state index contributed by atoms with van der Waals surface area (Å²) in [6, 6.07) is 0. The predicted octanol–water partition coefficient (Wildman–Crippen LogP) is 3.13. The van der Waals surface area contributed by atoms with Crippen molar-refractivity contribution in [2.45, 2.75) is 52.4 Å². The third kappa shape index (κ3) is 4.89. The maximum Gasteiger partial charge on any atom is 0.000966 e. The van der Waals surface area contributed by atoms with Gasteiger partial charge in [0.15, 0.2) is 0 Å². The van der Waals surface area contributed by atoms with Crippen molar-refractivity contribution in [1.29, 1.82) is 0 Å². The van der Waals surface area contributed by atoms with Crippen LogP contribution in [0.15, 0.2) is 0 Å². The molecule has 1 saturated heterocycles. The molecular formula is C16H32N2. The number of piperidine rings is 1. The summed E-state index contributed by atoms with van der Waals surface area (Å²) >= 11 is 0. The molecule has 2 fully saturated rings. The maximum atomic E-state index is 3.56. The lowest BCUT2D eigenvalue weighted by Gasteiger charge is -2.30. The second-order valence-corrected chi connectivity index (χ2v) is 6.62. The summed E-state index contributed by atoms with van der Waals surface area (Å²) in [5.41, 5.74) is 0. The first kappa shape index (κ1) is 14.3.